The van der Waals surface area contributed by atoms with Crippen LogP contribution >= 0.6 is 0 Å². The van der Waals surface area contributed by atoms with Gasteiger partial charge in [-0.1, -0.05) is 6.07 Å². The molecule has 1 aromatic carbocycles. The first kappa shape index (κ1) is 22.3. The minimum absolute atomic E-state index is 0.505. The fourth-order valence-corrected chi connectivity index (χ4v) is 4.04. The van der Waals surface area contributed by atoms with E-state index >= 15 is 0 Å². The Bertz CT molecular complexity index is 1280. The summed E-state index contributed by atoms with van der Waals surface area (Å²) in [5, 5.41) is 4.77. The highest BCUT2D eigenvalue weighted by Gasteiger charge is 2.32. The molecule has 0 bridgehead atoms. The maximum atomic E-state index is 11.0. The molecule has 0 saturated carbocycles. The molecule has 1 aliphatic rings. The summed E-state index contributed by atoms with van der Waals surface area (Å²) in [5.74, 6) is 0.614. The lowest BCUT2D eigenvalue weighted by atomic mass is 10.1. The van der Waals surface area contributed by atoms with Crippen LogP contribution in [0.3, 0.4) is 0 Å². The third-order valence-electron chi connectivity index (χ3n) is 5.78. The van der Waals surface area contributed by atoms with Crippen LogP contribution in [0.2, 0.25) is 0 Å². The second kappa shape index (κ2) is 9.30. The van der Waals surface area contributed by atoms with Crippen molar-refractivity contribution in [1.29, 1.82) is 0 Å². The summed E-state index contributed by atoms with van der Waals surface area (Å²) in [4.78, 5) is 31.4. The van der Waals surface area contributed by atoms with Gasteiger partial charge in [0.2, 0.25) is 6.08 Å². The van der Waals surface area contributed by atoms with Gasteiger partial charge in [-0.2, -0.15) is 10.1 Å². The van der Waals surface area contributed by atoms with Gasteiger partial charge in [0.15, 0.2) is 5.82 Å². The summed E-state index contributed by atoms with van der Waals surface area (Å²) in [6, 6.07) is 11.4. The molecule has 0 amide bonds. The summed E-state index contributed by atoms with van der Waals surface area (Å²) >= 11 is 0. The Kier molecular flexibility index (Phi) is 6.29. The Labute approximate surface area is 193 Å². The highest BCUT2D eigenvalue weighted by molar-refractivity contribution is 6.51. The fourth-order valence-electron chi connectivity index (χ4n) is 4.04. The van der Waals surface area contributed by atoms with Crippen LogP contribution in [0.5, 0.6) is 0 Å². The number of fused-ring (bicyclic) bond motifs is 1. The molecule has 1 aliphatic heterocycles. The molecule has 3 aromatic rings. The third-order valence-corrected chi connectivity index (χ3v) is 5.78. The lowest BCUT2D eigenvalue weighted by molar-refractivity contribution is 0.562. The summed E-state index contributed by atoms with van der Waals surface area (Å²) in [5.41, 5.74) is 6.58. The van der Waals surface area contributed by atoms with Crippen LogP contribution in [0.1, 0.15) is 37.9 Å². The van der Waals surface area contributed by atoms with E-state index in [-0.39, 0.29) is 0 Å². The van der Waals surface area contributed by atoms with E-state index < -0.39 is 6.04 Å². The summed E-state index contributed by atoms with van der Waals surface area (Å²) in [7, 11) is 0. The van der Waals surface area contributed by atoms with Gasteiger partial charge in [-0.25, -0.2) is 19.4 Å². The van der Waals surface area contributed by atoms with Gasteiger partial charge in [0, 0.05) is 25.0 Å². The molecule has 0 aliphatic carbocycles. The van der Waals surface area contributed by atoms with Crippen LogP contribution in [0.4, 0.5) is 11.4 Å². The first-order valence-corrected chi connectivity index (χ1v) is 11.1. The molecule has 1 unspecified atom stereocenters. The smallest absolute Gasteiger partial charge is 0.235 e. The summed E-state index contributed by atoms with van der Waals surface area (Å²) in [6.07, 6.45) is 3.38. The molecular formula is C25H27N7O. The number of nitrogens with zero attached hydrogens (tertiary/aromatic N) is 7. The normalized spacial score (nSPS) is 14.6. The predicted octanol–water partition coefficient (Wildman–Crippen LogP) is 4.47. The minimum Gasteiger partial charge on any atom is -0.372 e. The monoisotopic (exact) mass is 441 g/mol. The van der Waals surface area contributed by atoms with Crippen molar-refractivity contribution in [3.8, 4) is 11.4 Å². The zero-order chi connectivity index (χ0) is 23.5. The molecule has 168 valence electrons. The SMILES string of the molecule is CCN(CC)c1ccc(/N=C2/C(C(C)N=C=O)=Nn3c2nc(C)c3-c2ccccn2)c(C)c1. The van der Waals surface area contributed by atoms with E-state index in [0.29, 0.717) is 17.2 Å². The van der Waals surface area contributed by atoms with E-state index in [1.807, 2.05) is 38.1 Å². The van der Waals surface area contributed by atoms with Crippen molar-refractivity contribution in [3.63, 3.8) is 0 Å². The molecule has 0 N–H and O–H groups in total. The van der Waals surface area contributed by atoms with E-state index in [1.54, 1.807) is 23.9 Å². The van der Waals surface area contributed by atoms with E-state index in [0.717, 1.165) is 47.1 Å². The third kappa shape index (κ3) is 4.13. The van der Waals surface area contributed by atoms with Gasteiger partial charge in [-0.3, -0.25) is 4.98 Å². The number of hydrogen-bond donors (Lipinski definition) is 0. The number of hydrogen-bond acceptors (Lipinski definition) is 7. The van der Waals surface area contributed by atoms with Crippen molar-refractivity contribution in [2.75, 3.05) is 18.0 Å². The Balaban J connectivity index is 1.86. The highest BCUT2D eigenvalue weighted by Crippen LogP contribution is 2.31. The Hall–Kier alpha value is -3.90. The lowest BCUT2D eigenvalue weighted by Gasteiger charge is -2.21. The van der Waals surface area contributed by atoms with Crippen LogP contribution in [0.15, 0.2) is 57.7 Å². The van der Waals surface area contributed by atoms with Gasteiger partial charge >= 0.3 is 0 Å². The number of benzene rings is 1. The molecule has 0 radical (unpaired) electrons. The average Bonchev–Trinajstić information content (AvgIpc) is 3.31. The average molecular weight is 442 g/mol. The number of anilines is 1. The molecule has 0 saturated heterocycles. The zero-order valence-corrected chi connectivity index (χ0v) is 19.6. The first-order chi connectivity index (χ1) is 16.0. The molecule has 0 spiro atoms. The van der Waals surface area contributed by atoms with Crippen LogP contribution < -0.4 is 4.90 Å². The number of carbonyl (C=O) groups excluding carboxylic acids is 1. The molecule has 8 nitrogen and oxygen atoms in total. The second-order valence-corrected chi connectivity index (χ2v) is 7.88. The highest BCUT2D eigenvalue weighted by atomic mass is 16.1. The quantitative estimate of drug-likeness (QED) is 0.400. The van der Waals surface area contributed by atoms with Crippen molar-refractivity contribution >= 4 is 28.9 Å². The van der Waals surface area contributed by atoms with E-state index in [1.165, 1.54) is 0 Å². The molecule has 33 heavy (non-hydrogen) atoms. The summed E-state index contributed by atoms with van der Waals surface area (Å²) < 4.78 is 1.75. The first-order valence-electron chi connectivity index (χ1n) is 11.1. The molecule has 1 atom stereocenters. The Morgan fingerprint density at radius 1 is 1.15 bits per heavy atom. The van der Waals surface area contributed by atoms with Gasteiger partial charge in [-0.05, 0) is 70.5 Å². The van der Waals surface area contributed by atoms with Crippen LogP contribution in [0.25, 0.3) is 11.4 Å². The zero-order valence-electron chi connectivity index (χ0n) is 19.6. The van der Waals surface area contributed by atoms with Crippen LogP contribution in [-0.4, -0.2) is 51.3 Å². The van der Waals surface area contributed by atoms with E-state index in [4.69, 9.17) is 15.1 Å². The maximum absolute atomic E-state index is 11.0. The van der Waals surface area contributed by atoms with Gasteiger partial charge in [0.05, 0.1) is 17.1 Å². The number of rotatable bonds is 7. The van der Waals surface area contributed by atoms with Crippen LogP contribution in [-0.2, 0) is 4.79 Å². The number of aryl methyl sites for hydroxylation is 2. The van der Waals surface area contributed by atoms with Crippen molar-refractivity contribution in [2.24, 2.45) is 15.1 Å². The fraction of sp³-hybridized carbons (Fsp3) is 0.320. The molecule has 0 fully saturated rings. The number of pyridine rings is 1. The molecule has 2 aromatic heterocycles. The van der Waals surface area contributed by atoms with E-state index in [9.17, 15) is 4.79 Å². The molecule has 3 heterocycles. The molecule has 8 heteroatoms. The van der Waals surface area contributed by atoms with Gasteiger partial charge in [0.1, 0.15) is 23.2 Å². The standard InChI is InChI=1S/C25H27N7O/c1-6-31(7-2)19-11-12-20(16(3)14-19)29-23-22(17(4)27-15-33)30-32-24(18(5)28-25(23)32)21-10-8-9-13-26-21/h8-14,17H,6-7H2,1-5H3/b29-23-. The Morgan fingerprint density at radius 3 is 2.58 bits per heavy atom. The van der Waals surface area contributed by atoms with Crippen molar-refractivity contribution < 1.29 is 4.79 Å². The summed E-state index contributed by atoms with van der Waals surface area (Å²) in [6.45, 7) is 11.9. The second-order valence-electron chi connectivity index (χ2n) is 7.88. The van der Waals surface area contributed by atoms with Gasteiger partial charge in [-0.15, -0.1) is 0 Å². The number of aliphatic imine (C=N–C) groups is 2. The van der Waals surface area contributed by atoms with Crippen molar-refractivity contribution in [1.82, 2.24) is 14.6 Å². The maximum Gasteiger partial charge on any atom is 0.235 e. The molecule has 4 rings (SSSR count). The largest absolute Gasteiger partial charge is 0.372 e. The van der Waals surface area contributed by atoms with Gasteiger partial charge < -0.3 is 4.90 Å². The van der Waals surface area contributed by atoms with Crippen molar-refractivity contribution in [2.45, 2.75) is 40.7 Å². The minimum atomic E-state index is -0.505. The van der Waals surface area contributed by atoms with Crippen LogP contribution in [0, 0.1) is 13.8 Å². The lowest BCUT2D eigenvalue weighted by Crippen LogP contribution is -2.23. The Morgan fingerprint density at radius 2 is 1.94 bits per heavy atom. The van der Waals surface area contributed by atoms with Crippen molar-refractivity contribution in [3.05, 3.63) is 59.7 Å². The number of isocyanates is 1. The predicted molar refractivity (Wildman–Crippen MR) is 132 cm³/mol. The van der Waals surface area contributed by atoms with Gasteiger partial charge in [0.25, 0.3) is 0 Å². The molecular weight excluding hydrogens is 414 g/mol. The van der Waals surface area contributed by atoms with E-state index in [2.05, 4.69) is 40.9 Å². The topological polar surface area (TPSA) is 88.1 Å². The number of aromatic nitrogens is 3. The number of imidazole rings is 1.